The molecule has 1 unspecified atom stereocenters. The lowest BCUT2D eigenvalue weighted by atomic mass is 9.94. The van der Waals surface area contributed by atoms with E-state index in [1.165, 1.54) is 5.56 Å². The number of nitrogens with zero attached hydrogens (tertiary/aromatic N) is 3. The Morgan fingerprint density at radius 3 is 2.56 bits per heavy atom. The maximum Gasteiger partial charge on any atom is 0.235 e. The minimum Gasteiger partial charge on any atom is -0.325 e. The van der Waals surface area contributed by atoms with Crippen LogP contribution >= 0.6 is 0 Å². The molecule has 0 aliphatic rings. The van der Waals surface area contributed by atoms with Gasteiger partial charge in [-0.05, 0) is 48.6 Å². The molecule has 1 aromatic heterocycles. The van der Waals surface area contributed by atoms with Gasteiger partial charge in [0.2, 0.25) is 5.91 Å². The molecule has 0 fully saturated rings. The van der Waals surface area contributed by atoms with E-state index in [0.29, 0.717) is 12.2 Å². The summed E-state index contributed by atoms with van der Waals surface area (Å²) in [4.78, 5) is 12.8. The molecule has 0 saturated heterocycles. The molecule has 6 heteroatoms. The molecule has 3 aromatic rings. The van der Waals surface area contributed by atoms with Crippen molar-refractivity contribution in [2.45, 2.75) is 32.6 Å². The zero-order chi connectivity index (χ0) is 17.6. The molecule has 1 heterocycles. The summed E-state index contributed by atoms with van der Waals surface area (Å²) in [6, 6.07) is 15.9. The van der Waals surface area contributed by atoms with Crippen molar-refractivity contribution in [3.05, 3.63) is 71.0 Å². The van der Waals surface area contributed by atoms with Gasteiger partial charge in [-0.3, -0.25) is 4.79 Å². The molecule has 6 nitrogen and oxygen atoms in total. The molecule has 2 N–H and O–H groups in total. The first-order chi connectivity index (χ1) is 12.2. The second-order valence-corrected chi connectivity index (χ2v) is 5.99. The van der Waals surface area contributed by atoms with Crippen molar-refractivity contribution in [3.8, 4) is 0 Å². The lowest BCUT2D eigenvalue weighted by Gasteiger charge is -2.15. The number of aromatic amines is 1. The number of hydrogen-bond donors (Lipinski definition) is 2. The van der Waals surface area contributed by atoms with E-state index in [4.69, 9.17) is 0 Å². The van der Waals surface area contributed by atoms with E-state index in [9.17, 15) is 4.79 Å². The average molecular weight is 335 g/mol. The maximum atomic E-state index is 12.8. The van der Waals surface area contributed by atoms with Crippen molar-refractivity contribution in [3.63, 3.8) is 0 Å². The number of tetrazole rings is 1. The fourth-order valence-electron chi connectivity index (χ4n) is 2.73. The summed E-state index contributed by atoms with van der Waals surface area (Å²) in [7, 11) is 0. The van der Waals surface area contributed by atoms with Crippen LogP contribution in [0.25, 0.3) is 0 Å². The third kappa shape index (κ3) is 4.09. The third-order valence-corrected chi connectivity index (χ3v) is 4.30. The van der Waals surface area contributed by atoms with Gasteiger partial charge in [0.25, 0.3) is 0 Å². The fraction of sp³-hybridized carbons (Fsp3) is 0.263. The molecule has 0 spiro atoms. The number of hydrogen-bond acceptors (Lipinski definition) is 4. The number of anilines is 1. The van der Waals surface area contributed by atoms with Gasteiger partial charge in [-0.2, -0.15) is 5.21 Å². The van der Waals surface area contributed by atoms with Crippen LogP contribution < -0.4 is 5.32 Å². The first-order valence-electron chi connectivity index (χ1n) is 8.35. The van der Waals surface area contributed by atoms with E-state index in [1.54, 1.807) is 0 Å². The first kappa shape index (κ1) is 16.8. The van der Waals surface area contributed by atoms with Gasteiger partial charge in [-0.25, -0.2) is 0 Å². The van der Waals surface area contributed by atoms with Crippen LogP contribution in [0.4, 0.5) is 5.69 Å². The van der Waals surface area contributed by atoms with Crippen LogP contribution in [0.15, 0.2) is 48.5 Å². The van der Waals surface area contributed by atoms with Gasteiger partial charge in [-0.15, -0.1) is 10.2 Å². The highest BCUT2D eigenvalue weighted by Gasteiger charge is 2.26. The predicted octanol–water partition coefficient (Wildman–Crippen LogP) is 3.04. The lowest BCUT2D eigenvalue weighted by molar-refractivity contribution is -0.117. The van der Waals surface area contributed by atoms with E-state index in [2.05, 4.69) is 32.9 Å². The number of benzene rings is 2. The Morgan fingerprint density at radius 2 is 1.92 bits per heavy atom. The maximum absolute atomic E-state index is 12.8. The zero-order valence-electron chi connectivity index (χ0n) is 14.4. The van der Waals surface area contributed by atoms with Crippen LogP contribution in [0.1, 0.15) is 35.4 Å². The van der Waals surface area contributed by atoms with Gasteiger partial charge < -0.3 is 5.32 Å². The Morgan fingerprint density at radius 1 is 1.16 bits per heavy atom. The molecule has 1 atom stereocenters. The van der Waals surface area contributed by atoms with Crippen molar-refractivity contribution >= 4 is 11.6 Å². The van der Waals surface area contributed by atoms with Crippen molar-refractivity contribution < 1.29 is 4.79 Å². The summed E-state index contributed by atoms with van der Waals surface area (Å²) in [5, 5.41) is 17.0. The van der Waals surface area contributed by atoms with Crippen LogP contribution in [0.2, 0.25) is 0 Å². The number of rotatable bonds is 6. The largest absolute Gasteiger partial charge is 0.325 e. The van der Waals surface area contributed by atoms with Crippen molar-refractivity contribution in [2.24, 2.45) is 0 Å². The highest BCUT2D eigenvalue weighted by Crippen LogP contribution is 2.22. The summed E-state index contributed by atoms with van der Waals surface area (Å²) < 4.78 is 0. The number of H-pyrrole nitrogens is 1. The normalized spacial score (nSPS) is 11.9. The molecule has 128 valence electrons. The highest BCUT2D eigenvalue weighted by molar-refractivity contribution is 5.95. The van der Waals surface area contributed by atoms with Crippen LogP contribution in [-0.4, -0.2) is 26.5 Å². The number of nitrogens with one attached hydrogen (secondary N) is 2. The van der Waals surface area contributed by atoms with E-state index >= 15 is 0 Å². The molecule has 0 aliphatic heterocycles. The molecule has 1 amide bonds. The van der Waals surface area contributed by atoms with Crippen molar-refractivity contribution in [1.82, 2.24) is 20.6 Å². The van der Waals surface area contributed by atoms with Gasteiger partial charge in [-0.1, -0.05) is 48.5 Å². The van der Waals surface area contributed by atoms with Crippen LogP contribution in [0.5, 0.6) is 0 Å². The minimum atomic E-state index is -0.509. The standard InChI is InChI=1S/C19H21N5O/c1-3-14-8-10-16(11-9-14)20-19(25)17(18-21-23-24-22-18)12-15-7-5-4-6-13(15)2/h4-11,17H,3,12H2,1-2H3,(H,20,25)(H,21,22,23,24). The van der Waals surface area contributed by atoms with Gasteiger partial charge in [0.05, 0.1) is 0 Å². The quantitative estimate of drug-likeness (QED) is 0.725. The summed E-state index contributed by atoms with van der Waals surface area (Å²) in [6.07, 6.45) is 1.48. The Labute approximate surface area is 146 Å². The van der Waals surface area contributed by atoms with Crippen molar-refractivity contribution in [1.29, 1.82) is 0 Å². The van der Waals surface area contributed by atoms with Gasteiger partial charge in [0, 0.05) is 5.69 Å². The topological polar surface area (TPSA) is 83.6 Å². The molecule has 25 heavy (non-hydrogen) atoms. The molecular formula is C19H21N5O. The molecular weight excluding hydrogens is 314 g/mol. The summed E-state index contributed by atoms with van der Waals surface area (Å²) >= 11 is 0. The van der Waals surface area contributed by atoms with E-state index in [1.807, 2.05) is 55.5 Å². The Bertz CT molecular complexity index is 827. The van der Waals surface area contributed by atoms with Crippen LogP contribution in [0, 0.1) is 6.92 Å². The summed E-state index contributed by atoms with van der Waals surface area (Å²) in [6.45, 7) is 4.13. The van der Waals surface area contributed by atoms with E-state index in [0.717, 1.165) is 23.2 Å². The SMILES string of the molecule is CCc1ccc(NC(=O)C(Cc2ccccc2C)c2nn[nH]n2)cc1. The van der Waals surface area contributed by atoms with Gasteiger partial charge >= 0.3 is 0 Å². The minimum absolute atomic E-state index is 0.145. The number of amides is 1. The lowest BCUT2D eigenvalue weighted by Crippen LogP contribution is -2.24. The molecule has 3 rings (SSSR count). The number of carbonyl (C=O) groups excluding carboxylic acids is 1. The highest BCUT2D eigenvalue weighted by atomic mass is 16.1. The monoisotopic (exact) mass is 335 g/mol. The fourth-order valence-corrected chi connectivity index (χ4v) is 2.73. The second kappa shape index (κ2) is 7.70. The molecule has 0 bridgehead atoms. The van der Waals surface area contributed by atoms with Crippen molar-refractivity contribution in [2.75, 3.05) is 5.32 Å². The predicted molar refractivity (Wildman–Crippen MR) is 96.3 cm³/mol. The summed E-state index contributed by atoms with van der Waals surface area (Å²) in [5.74, 6) is -0.259. The first-order valence-corrected chi connectivity index (χ1v) is 8.35. The second-order valence-electron chi connectivity index (χ2n) is 5.99. The summed E-state index contributed by atoms with van der Waals surface area (Å²) in [5.41, 5.74) is 4.22. The van der Waals surface area contributed by atoms with Gasteiger partial charge in [0.15, 0.2) is 5.82 Å². The van der Waals surface area contributed by atoms with Crippen LogP contribution in [0.3, 0.4) is 0 Å². The van der Waals surface area contributed by atoms with Crippen LogP contribution in [-0.2, 0) is 17.6 Å². The molecule has 0 aliphatic carbocycles. The number of aryl methyl sites for hydroxylation is 2. The Kier molecular flexibility index (Phi) is 5.18. The molecule has 0 saturated carbocycles. The van der Waals surface area contributed by atoms with E-state index < -0.39 is 5.92 Å². The zero-order valence-corrected chi connectivity index (χ0v) is 14.4. The smallest absolute Gasteiger partial charge is 0.235 e. The average Bonchev–Trinajstić information content (AvgIpc) is 3.16. The Balaban J connectivity index is 1.81. The number of aromatic nitrogens is 4. The van der Waals surface area contributed by atoms with E-state index in [-0.39, 0.29) is 5.91 Å². The Hall–Kier alpha value is -3.02. The molecule has 0 radical (unpaired) electrons. The number of carbonyl (C=O) groups is 1. The van der Waals surface area contributed by atoms with Gasteiger partial charge in [0.1, 0.15) is 5.92 Å². The third-order valence-electron chi connectivity index (χ3n) is 4.30. The molecule has 2 aromatic carbocycles.